The number of halogens is 2. The molecule has 2 aromatic carbocycles. The van der Waals surface area contributed by atoms with Crippen LogP contribution in [0.1, 0.15) is 47.7 Å². The van der Waals surface area contributed by atoms with Crippen molar-refractivity contribution < 1.29 is 18.3 Å². The number of H-pyrrole nitrogens is 1. The lowest BCUT2D eigenvalue weighted by molar-refractivity contribution is -0.0499. The van der Waals surface area contributed by atoms with Crippen LogP contribution in [0.4, 0.5) is 8.78 Å². The second kappa shape index (κ2) is 7.44. The standard InChI is InChI=1S/C23H21F2N3O3/c24-22(25)31-16-5-3-4-13(8-16)20(29)26-15-11-23(12-15)9-14(10-23)19-17-6-1-2-7-18(17)21(30)28-27-19/h1-8,14-15,22H,9-12H2,(H,26,29)(H,28,30). The molecule has 1 amide bonds. The molecule has 2 fully saturated rings. The molecule has 1 heterocycles. The number of carbonyl (C=O) groups excluding carboxylic acids is 1. The van der Waals surface area contributed by atoms with Gasteiger partial charge in [0.2, 0.25) is 0 Å². The molecule has 3 aromatic rings. The third-order valence-corrected chi connectivity index (χ3v) is 6.49. The Morgan fingerprint density at radius 1 is 1.10 bits per heavy atom. The van der Waals surface area contributed by atoms with E-state index in [4.69, 9.17) is 0 Å². The summed E-state index contributed by atoms with van der Waals surface area (Å²) in [6.45, 7) is -2.93. The zero-order valence-electron chi connectivity index (χ0n) is 16.6. The summed E-state index contributed by atoms with van der Waals surface area (Å²) in [7, 11) is 0. The van der Waals surface area contributed by atoms with Crippen LogP contribution in [0.3, 0.4) is 0 Å². The molecule has 6 nitrogen and oxygen atoms in total. The zero-order valence-corrected chi connectivity index (χ0v) is 16.6. The topological polar surface area (TPSA) is 84.1 Å². The van der Waals surface area contributed by atoms with Crippen molar-refractivity contribution in [2.75, 3.05) is 0 Å². The van der Waals surface area contributed by atoms with Gasteiger partial charge >= 0.3 is 6.61 Å². The van der Waals surface area contributed by atoms with Gasteiger partial charge < -0.3 is 10.1 Å². The molecule has 31 heavy (non-hydrogen) atoms. The molecule has 5 rings (SSSR count). The van der Waals surface area contributed by atoms with Gasteiger partial charge in [-0.1, -0.05) is 24.3 Å². The molecule has 160 valence electrons. The maximum atomic E-state index is 12.5. The number of benzene rings is 2. The van der Waals surface area contributed by atoms with Gasteiger partial charge in [-0.25, -0.2) is 5.10 Å². The van der Waals surface area contributed by atoms with Crippen LogP contribution >= 0.6 is 0 Å². The van der Waals surface area contributed by atoms with Crippen LogP contribution in [-0.2, 0) is 0 Å². The number of aromatic nitrogens is 2. The third-order valence-electron chi connectivity index (χ3n) is 6.49. The Morgan fingerprint density at radius 3 is 2.58 bits per heavy atom. The molecule has 0 unspecified atom stereocenters. The number of rotatable bonds is 5. The number of fused-ring (bicyclic) bond motifs is 1. The lowest BCUT2D eigenvalue weighted by atomic mass is 9.49. The highest BCUT2D eigenvalue weighted by atomic mass is 19.3. The lowest BCUT2D eigenvalue weighted by Crippen LogP contribution is -2.55. The molecular formula is C23H21F2N3O3. The van der Waals surface area contributed by atoms with Gasteiger partial charge in [0.05, 0.1) is 11.1 Å². The number of hydrogen-bond acceptors (Lipinski definition) is 4. The molecule has 0 bridgehead atoms. The van der Waals surface area contributed by atoms with Gasteiger partial charge in [0, 0.05) is 22.9 Å². The Hall–Kier alpha value is -3.29. The summed E-state index contributed by atoms with van der Waals surface area (Å²) >= 11 is 0. The van der Waals surface area contributed by atoms with Crippen LogP contribution < -0.4 is 15.6 Å². The fourth-order valence-electron chi connectivity index (χ4n) is 5.13. The molecule has 1 aromatic heterocycles. The van der Waals surface area contributed by atoms with E-state index in [0.29, 0.717) is 16.9 Å². The van der Waals surface area contributed by atoms with Gasteiger partial charge in [-0.15, -0.1) is 0 Å². The summed E-state index contributed by atoms with van der Waals surface area (Å²) in [6, 6.07) is 13.4. The van der Waals surface area contributed by atoms with E-state index >= 15 is 0 Å². The molecule has 0 saturated heterocycles. The molecule has 0 radical (unpaired) electrons. The second-order valence-electron chi connectivity index (χ2n) is 8.57. The highest BCUT2D eigenvalue weighted by molar-refractivity contribution is 5.94. The molecule has 2 aliphatic rings. The fraction of sp³-hybridized carbons (Fsp3) is 0.348. The smallest absolute Gasteiger partial charge is 0.387 e. The van der Waals surface area contributed by atoms with E-state index in [2.05, 4.69) is 20.3 Å². The van der Waals surface area contributed by atoms with E-state index in [1.807, 2.05) is 24.3 Å². The molecule has 8 heteroatoms. The molecule has 0 aliphatic heterocycles. The van der Waals surface area contributed by atoms with Gasteiger partial charge in [0.1, 0.15) is 5.75 Å². The molecule has 0 atom stereocenters. The summed E-state index contributed by atoms with van der Waals surface area (Å²) in [5.74, 6) is -0.0273. The average molecular weight is 425 g/mol. The monoisotopic (exact) mass is 425 g/mol. The Bertz CT molecular complexity index is 1200. The summed E-state index contributed by atoms with van der Waals surface area (Å²) in [4.78, 5) is 24.5. The largest absolute Gasteiger partial charge is 0.435 e. The van der Waals surface area contributed by atoms with Crippen molar-refractivity contribution in [3.63, 3.8) is 0 Å². The molecule has 2 aliphatic carbocycles. The summed E-state index contributed by atoms with van der Waals surface area (Å²) in [5.41, 5.74) is 1.25. The number of alkyl halides is 2. The number of amides is 1. The Kier molecular flexibility index (Phi) is 4.72. The minimum atomic E-state index is -2.93. The minimum Gasteiger partial charge on any atom is -0.435 e. The normalized spacial score (nSPS) is 24.6. The first-order chi connectivity index (χ1) is 14.9. The first kappa shape index (κ1) is 19.7. The fourth-order valence-corrected chi connectivity index (χ4v) is 5.13. The maximum Gasteiger partial charge on any atom is 0.387 e. The van der Waals surface area contributed by atoms with Crippen LogP contribution in [0.2, 0.25) is 0 Å². The van der Waals surface area contributed by atoms with Crippen LogP contribution in [0.5, 0.6) is 5.75 Å². The molecule has 2 saturated carbocycles. The van der Waals surface area contributed by atoms with Crippen LogP contribution in [-0.4, -0.2) is 28.8 Å². The number of carbonyl (C=O) groups is 1. The third kappa shape index (κ3) is 3.66. The number of nitrogens with zero attached hydrogens (tertiary/aromatic N) is 1. The number of hydrogen-bond donors (Lipinski definition) is 2. The first-order valence-electron chi connectivity index (χ1n) is 10.3. The molecule has 2 N–H and O–H groups in total. The van der Waals surface area contributed by atoms with Crippen molar-refractivity contribution in [3.8, 4) is 5.75 Å². The van der Waals surface area contributed by atoms with Gasteiger partial charge in [-0.2, -0.15) is 13.9 Å². The second-order valence-corrected chi connectivity index (χ2v) is 8.57. The Morgan fingerprint density at radius 2 is 1.84 bits per heavy atom. The van der Waals surface area contributed by atoms with Gasteiger partial charge in [0.15, 0.2) is 0 Å². The van der Waals surface area contributed by atoms with E-state index in [1.54, 1.807) is 6.07 Å². The quantitative estimate of drug-likeness (QED) is 0.648. The highest BCUT2D eigenvalue weighted by Gasteiger charge is 2.54. The summed E-state index contributed by atoms with van der Waals surface area (Å²) in [6.07, 6.45) is 3.70. The maximum absolute atomic E-state index is 12.5. The summed E-state index contributed by atoms with van der Waals surface area (Å²) < 4.78 is 29.1. The Balaban J connectivity index is 1.19. The van der Waals surface area contributed by atoms with E-state index < -0.39 is 6.61 Å². The lowest BCUT2D eigenvalue weighted by Gasteiger charge is -2.57. The van der Waals surface area contributed by atoms with Crippen molar-refractivity contribution in [2.24, 2.45) is 5.41 Å². The van der Waals surface area contributed by atoms with Gasteiger partial charge in [0.25, 0.3) is 11.5 Å². The number of aromatic amines is 1. The van der Waals surface area contributed by atoms with Crippen LogP contribution in [0.15, 0.2) is 53.3 Å². The van der Waals surface area contributed by atoms with Crippen molar-refractivity contribution >= 4 is 16.7 Å². The van der Waals surface area contributed by atoms with Crippen LogP contribution in [0.25, 0.3) is 10.8 Å². The van der Waals surface area contributed by atoms with Crippen molar-refractivity contribution in [2.45, 2.75) is 44.3 Å². The highest BCUT2D eigenvalue weighted by Crippen LogP contribution is 2.62. The van der Waals surface area contributed by atoms with Gasteiger partial charge in [-0.05, 0) is 55.4 Å². The zero-order chi connectivity index (χ0) is 21.6. The van der Waals surface area contributed by atoms with Crippen molar-refractivity contribution in [3.05, 3.63) is 70.1 Å². The van der Waals surface area contributed by atoms with E-state index in [0.717, 1.165) is 36.8 Å². The average Bonchev–Trinajstić information content (AvgIpc) is 2.69. The van der Waals surface area contributed by atoms with E-state index in [1.165, 1.54) is 18.2 Å². The summed E-state index contributed by atoms with van der Waals surface area (Å²) in [5, 5.41) is 11.5. The van der Waals surface area contributed by atoms with Crippen molar-refractivity contribution in [1.82, 2.24) is 15.5 Å². The molecular weight excluding hydrogens is 404 g/mol. The first-order valence-corrected chi connectivity index (χ1v) is 10.3. The predicted octanol–water partition coefficient (Wildman–Crippen LogP) is 3.98. The van der Waals surface area contributed by atoms with E-state index in [-0.39, 0.29) is 28.7 Å². The minimum absolute atomic E-state index is 0.0322. The predicted molar refractivity (Wildman–Crippen MR) is 110 cm³/mol. The Labute approximate surface area is 176 Å². The number of ether oxygens (including phenoxy) is 1. The van der Waals surface area contributed by atoms with Gasteiger partial charge in [-0.3, -0.25) is 9.59 Å². The van der Waals surface area contributed by atoms with Crippen LogP contribution in [0, 0.1) is 5.41 Å². The number of nitrogens with one attached hydrogen (secondary N) is 2. The SMILES string of the molecule is O=C(NC1CC2(C1)CC(c1n[nH]c(=O)c3ccccc13)C2)c1cccc(OC(F)F)c1. The van der Waals surface area contributed by atoms with Crippen molar-refractivity contribution in [1.29, 1.82) is 0 Å². The van der Waals surface area contributed by atoms with E-state index in [9.17, 15) is 18.4 Å². The molecule has 1 spiro atoms.